The van der Waals surface area contributed by atoms with Crippen molar-refractivity contribution in [2.75, 3.05) is 31.1 Å². The van der Waals surface area contributed by atoms with Crippen LogP contribution < -0.4 is 5.32 Å². The summed E-state index contributed by atoms with van der Waals surface area (Å²) in [5, 5.41) is 2.41. The molecule has 2 aliphatic heterocycles. The normalized spacial score (nSPS) is 17.4. The molecule has 0 saturated carbocycles. The van der Waals surface area contributed by atoms with Crippen LogP contribution in [0, 0.1) is 17.5 Å². The fourth-order valence-electron chi connectivity index (χ4n) is 5.01. The van der Waals surface area contributed by atoms with Crippen molar-refractivity contribution < 1.29 is 53.9 Å². The number of nitrogens with one attached hydrogen (secondary N) is 1. The number of nitrogens with zero attached hydrogens (tertiary/aromatic N) is 4. The molecule has 0 radical (unpaired) electrons. The number of alkyl carbamates (subject to hydrolysis) is 1. The molecule has 3 heterocycles. The van der Waals surface area contributed by atoms with E-state index in [0.29, 0.717) is 12.1 Å². The number of imidazole rings is 1. The van der Waals surface area contributed by atoms with E-state index in [0.717, 1.165) is 14.4 Å². The number of aromatic nitrogens is 2. The summed E-state index contributed by atoms with van der Waals surface area (Å²) in [7, 11) is -3.40. The predicted octanol–water partition coefficient (Wildman–Crippen LogP) is 3.06. The van der Waals surface area contributed by atoms with Crippen molar-refractivity contribution in [1.82, 2.24) is 24.7 Å². The summed E-state index contributed by atoms with van der Waals surface area (Å²) in [5.41, 5.74) is -2.12. The van der Waals surface area contributed by atoms with Gasteiger partial charge in [0.05, 0.1) is 23.7 Å². The van der Waals surface area contributed by atoms with E-state index < -0.39 is 100 Å². The van der Waals surface area contributed by atoms with E-state index in [4.69, 9.17) is 4.74 Å². The van der Waals surface area contributed by atoms with Gasteiger partial charge in [0, 0.05) is 44.7 Å². The molecular weight excluding hydrogens is 636 g/mol. The quantitative estimate of drug-likeness (QED) is 0.370. The van der Waals surface area contributed by atoms with Gasteiger partial charge in [0.25, 0.3) is 5.91 Å². The number of fused-ring (bicyclic) bond motifs is 1. The Kier molecular flexibility index (Phi) is 9.47. The zero-order valence-electron chi connectivity index (χ0n) is 24.5. The number of rotatable bonds is 6. The number of carbonyl (C=O) groups excluding carboxylic acids is 3. The number of hydrogen-bond acceptors (Lipinski definition) is 7. The van der Waals surface area contributed by atoms with Gasteiger partial charge in [-0.2, -0.15) is 13.2 Å². The van der Waals surface area contributed by atoms with Gasteiger partial charge in [0.1, 0.15) is 11.4 Å². The van der Waals surface area contributed by atoms with Gasteiger partial charge in [0.2, 0.25) is 11.7 Å². The van der Waals surface area contributed by atoms with Gasteiger partial charge in [-0.25, -0.2) is 31.4 Å². The number of halogens is 6. The average Bonchev–Trinajstić information content (AvgIpc) is 3.30. The molecule has 1 aromatic carbocycles. The molecule has 3 amide bonds. The smallest absolute Gasteiger partial charge is 0.444 e. The first-order valence-corrected chi connectivity index (χ1v) is 15.6. The van der Waals surface area contributed by atoms with Crippen LogP contribution >= 0.6 is 0 Å². The molecule has 1 unspecified atom stereocenters. The molecule has 248 valence electrons. The molecule has 1 fully saturated rings. The van der Waals surface area contributed by atoms with Crippen LogP contribution in [0.2, 0.25) is 0 Å². The third-order valence-corrected chi connectivity index (χ3v) is 8.75. The second-order valence-corrected chi connectivity index (χ2v) is 14.1. The van der Waals surface area contributed by atoms with Crippen LogP contribution in [0.25, 0.3) is 0 Å². The van der Waals surface area contributed by atoms with Crippen LogP contribution in [0.3, 0.4) is 0 Å². The van der Waals surface area contributed by atoms with Gasteiger partial charge in [-0.05, 0) is 38.8 Å². The van der Waals surface area contributed by atoms with Gasteiger partial charge in [-0.3, -0.25) is 9.59 Å². The van der Waals surface area contributed by atoms with Crippen LogP contribution in [0.5, 0.6) is 0 Å². The summed E-state index contributed by atoms with van der Waals surface area (Å²) < 4.78 is 113. The minimum atomic E-state index is -4.94. The van der Waals surface area contributed by atoms with Crippen molar-refractivity contribution in [3.8, 4) is 0 Å². The van der Waals surface area contributed by atoms with Crippen molar-refractivity contribution in [2.24, 2.45) is 0 Å². The van der Waals surface area contributed by atoms with E-state index in [1.165, 1.54) is 0 Å². The zero-order valence-corrected chi connectivity index (χ0v) is 25.3. The molecule has 18 heteroatoms. The van der Waals surface area contributed by atoms with Crippen molar-refractivity contribution in [1.29, 1.82) is 0 Å². The molecule has 0 bridgehead atoms. The Balaban J connectivity index is 1.59. The van der Waals surface area contributed by atoms with Gasteiger partial charge in [-0.15, -0.1) is 0 Å². The predicted molar refractivity (Wildman–Crippen MR) is 145 cm³/mol. The molecule has 1 aromatic heterocycles. The molecule has 11 nitrogen and oxygen atoms in total. The number of benzene rings is 1. The van der Waals surface area contributed by atoms with E-state index in [-0.39, 0.29) is 42.4 Å². The van der Waals surface area contributed by atoms with Crippen LogP contribution in [0.4, 0.5) is 31.1 Å². The molecule has 2 aromatic rings. The highest BCUT2D eigenvalue weighted by Gasteiger charge is 2.43. The summed E-state index contributed by atoms with van der Waals surface area (Å²) in [4.78, 5) is 44.9. The summed E-state index contributed by atoms with van der Waals surface area (Å²) in [6, 6.07) is -0.321. The minimum Gasteiger partial charge on any atom is -0.444 e. The third-order valence-electron chi connectivity index (χ3n) is 7.14. The maximum absolute atomic E-state index is 14.5. The highest BCUT2D eigenvalue weighted by atomic mass is 32.2. The highest BCUT2D eigenvalue weighted by molar-refractivity contribution is 7.91. The van der Waals surface area contributed by atoms with Gasteiger partial charge >= 0.3 is 12.3 Å². The Morgan fingerprint density at radius 3 is 2.18 bits per heavy atom. The minimum absolute atomic E-state index is 0.219. The third kappa shape index (κ3) is 8.26. The van der Waals surface area contributed by atoms with Crippen molar-refractivity contribution in [3.05, 3.63) is 52.4 Å². The molecule has 2 aliphatic rings. The van der Waals surface area contributed by atoms with E-state index in [9.17, 15) is 49.1 Å². The topological polar surface area (TPSA) is 131 Å². The van der Waals surface area contributed by atoms with Crippen molar-refractivity contribution >= 4 is 27.7 Å². The lowest BCUT2D eigenvalue weighted by molar-refractivity contribution is -0.148. The van der Waals surface area contributed by atoms with E-state index >= 15 is 0 Å². The number of carbonyl (C=O) groups is 3. The summed E-state index contributed by atoms with van der Waals surface area (Å²) in [6.07, 6.45) is -6.96. The fourth-order valence-corrected chi connectivity index (χ4v) is 6.21. The Bertz CT molecular complexity index is 1590. The van der Waals surface area contributed by atoms with Crippen LogP contribution in [-0.4, -0.2) is 88.5 Å². The molecule has 1 N–H and O–H groups in total. The first-order chi connectivity index (χ1) is 20.7. The van der Waals surface area contributed by atoms with E-state index in [1.54, 1.807) is 20.8 Å². The number of ether oxygens (including phenoxy) is 1. The molecule has 0 aliphatic carbocycles. The van der Waals surface area contributed by atoms with E-state index in [1.807, 2.05) is 0 Å². The molecule has 0 spiro atoms. The van der Waals surface area contributed by atoms with E-state index in [2.05, 4.69) is 10.3 Å². The summed E-state index contributed by atoms with van der Waals surface area (Å²) in [5.74, 6) is -7.65. The first-order valence-electron chi connectivity index (χ1n) is 13.8. The summed E-state index contributed by atoms with van der Waals surface area (Å²) >= 11 is 0. The second kappa shape index (κ2) is 12.5. The lowest BCUT2D eigenvalue weighted by Crippen LogP contribution is -2.46. The number of hydrogen-bond donors (Lipinski definition) is 1. The monoisotopic (exact) mass is 667 g/mol. The zero-order chi connectivity index (χ0) is 33.5. The highest BCUT2D eigenvalue weighted by Crippen LogP contribution is 2.33. The van der Waals surface area contributed by atoms with Crippen LogP contribution in [-0.2, 0) is 45.1 Å². The molecule has 1 saturated heterocycles. The van der Waals surface area contributed by atoms with Crippen molar-refractivity contribution in [2.45, 2.75) is 64.5 Å². The van der Waals surface area contributed by atoms with Gasteiger partial charge in [-0.1, -0.05) is 0 Å². The fraction of sp³-hybridized carbons (Fsp3) is 0.556. The van der Waals surface area contributed by atoms with Crippen molar-refractivity contribution in [3.63, 3.8) is 0 Å². The number of sulfone groups is 1. The van der Waals surface area contributed by atoms with Gasteiger partial charge in [0.15, 0.2) is 27.2 Å². The maximum Gasteiger partial charge on any atom is 0.449 e. The molecular formula is C27H31F6N5O6S. The Morgan fingerprint density at radius 2 is 1.58 bits per heavy atom. The van der Waals surface area contributed by atoms with Crippen LogP contribution in [0.15, 0.2) is 12.1 Å². The lowest BCUT2D eigenvalue weighted by atomic mass is 10.0. The lowest BCUT2D eigenvalue weighted by Gasteiger charge is -2.32. The standard InChI is InChI=1S/C27H31F6N5O6S/c1-26(2,3)44-25(41)34-16(10-15-11-18(29)19(30)13-17(15)28)12-21(39)37-4-5-38-20(14-37)22(35-24(38)27(31,32)33)23(40)36-6-8-45(42,43)9-7-36/h11,13,16H,4-10,12,14H2,1-3H3,(H,34,41). The Labute approximate surface area is 254 Å². The van der Waals surface area contributed by atoms with Crippen LogP contribution in [0.1, 0.15) is 54.8 Å². The number of alkyl halides is 3. The molecule has 4 rings (SSSR count). The summed E-state index contributed by atoms with van der Waals surface area (Å²) in [6.45, 7) is 3.08. The SMILES string of the molecule is CC(C)(C)OC(=O)NC(CC(=O)N1CCn2c(C(F)(F)F)nc(C(=O)N3CCS(=O)(=O)CC3)c2C1)Cc1cc(F)c(F)cc1F. The average molecular weight is 668 g/mol. The Morgan fingerprint density at radius 1 is 0.956 bits per heavy atom. The first kappa shape index (κ1) is 34.1. The largest absolute Gasteiger partial charge is 0.449 e. The number of amides is 3. The second-order valence-electron chi connectivity index (χ2n) is 11.7. The maximum atomic E-state index is 14.5. The Hall–Kier alpha value is -3.83. The van der Waals surface area contributed by atoms with Gasteiger partial charge < -0.3 is 24.4 Å². The molecule has 45 heavy (non-hydrogen) atoms. The molecule has 1 atom stereocenters.